The van der Waals surface area contributed by atoms with Crippen LogP contribution >= 0.6 is 0 Å². The number of rotatable bonds is 4. The number of hydrogen-bond donors (Lipinski definition) is 3. The van der Waals surface area contributed by atoms with Gasteiger partial charge in [-0.2, -0.15) is 18.3 Å². The molecule has 1 heterocycles. The molecule has 0 fully saturated rings. The number of aromatic nitrogens is 2. The second kappa shape index (κ2) is 5.25. The first-order valence-electron chi connectivity index (χ1n) is 5.11. The molecule has 1 rings (SSSR count). The number of aliphatic hydroxyl groups excluding tert-OH is 1. The number of amides is 1. The van der Waals surface area contributed by atoms with Crippen LogP contribution in [0, 0.1) is 0 Å². The number of carbonyl (C=O) groups is 1. The first-order valence-corrected chi connectivity index (χ1v) is 5.11. The minimum absolute atomic E-state index is 0.0656. The van der Waals surface area contributed by atoms with Crippen LogP contribution < -0.4 is 11.1 Å². The zero-order valence-electron chi connectivity index (χ0n) is 9.53. The summed E-state index contributed by atoms with van der Waals surface area (Å²) in [6.07, 6.45) is -5.99. The third-order valence-electron chi connectivity index (χ3n) is 2.16. The second-order valence-corrected chi connectivity index (χ2v) is 3.56. The van der Waals surface area contributed by atoms with Crippen molar-refractivity contribution < 1.29 is 23.1 Å². The van der Waals surface area contributed by atoms with Gasteiger partial charge >= 0.3 is 6.18 Å². The Bertz CT molecular complexity index is 430. The molecule has 0 aromatic carbocycles. The smallest absolute Gasteiger partial charge is 0.396 e. The Balaban J connectivity index is 2.63. The van der Waals surface area contributed by atoms with Crippen LogP contribution in [0.15, 0.2) is 6.20 Å². The van der Waals surface area contributed by atoms with Gasteiger partial charge in [-0.05, 0) is 6.92 Å². The summed E-state index contributed by atoms with van der Waals surface area (Å²) < 4.78 is 37.4. The lowest BCUT2D eigenvalue weighted by Crippen LogP contribution is -2.41. The van der Waals surface area contributed by atoms with Crippen LogP contribution in [0.5, 0.6) is 0 Å². The number of halogens is 3. The summed E-state index contributed by atoms with van der Waals surface area (Å²) in [4.78, 5) is 11.5. The van der Waals surface area contributed by atoms with Crippen molar-refractivity contribution in [2.45, 2.75) is 25.7 Å². The third-order valence-corrected chi connectivity index (χ3v) is 2.16. The number of hydrogen-bond acceptors (Lipinski definition) is 4. The Labute approximate surface area is 101 Å². The van der Waals surface area contributed by atoms with Crippen molar-refractivity contribution in [3.8, 4) is 0 Å². The first-order chi connectivity index (χ1) is 8.25. The Hall–Kier alpha value is -1.77. The zero-order valence-corrected chi connectivity index (χ0v) is 9.53. The van der Waals surface area contributed by atoms with E-state index in [1.54, 1.807) is 6.92 Å². The molecule has 1 unspecified atom stereocenters. The predicted molar refractivity (Wildman–Crippen MR) is 56.7 cm³/mol. The summed E-state index contributed by atoms with van der Waals surface area (Å²) >= 11 is 0. The highest BCUT2D eigenvalue weighted by molar-refractivity contribution is 5.96. The lowest BCUT2D eigenvalue weighted by molar-refractivity contribution is -0.201. The number of aliphatic hydroxyl groups is 1. The van der Waals surface area contributed by atoms with Crippen LogP contribution in [0.4, 0.5) is 18.9 Å². The number of nitrogens with two attached hydrogens (primary N) is 1. The van der Waals surface area contributed by atoms with Crippen LogP contribution in [0.25, 0.3) is 0 Å². The van der Waals surface area contributed by atoms with E-state index in [1.807, 2.05) is 5.32 Å². The number of nitrogens with one attached hydrogen (secondary N) is 1. The van der Waals surface area contributed by atoms with Crippen molar-refractivity contribution >= 4 is 11.6 Å². The molecule has 1 amide bonds. The van der Waals surface area contributed by atoms with E-state index in [2.05, 4.69) is 5.10 Å². The molecule has 1 aromatic heterocycles. The molecule has 1 atom stereocenters. The van der Waals surface area contributed by atoms with E-state index in [9.17, 15) is 18.0 Å². The normalized spacial score (nSPS) is 13.4. The minimum atomic E-state index is -4.78. The lowest BCUT2D eigenvalue weighted by atomic mass is 10.3. The van der Waals surface area contributed by atoms with E-state index in [1.165, 1.54) is 10.9 Å². The average Bonchev–Trinajstić information content (AvgIpc) is 2.65. The van der Waals surface area contributed by atoms with E-state index >= 15 is 0 Å². The van der Waals surface area contributed by atoms with Gasteiger partial charge in [0.1, 0.15) is 0 Å². The van der Waals surface area contributed by atoms with Crippen LogP contribution in [0.2, 0.25) is 0 Å². The van der Waals surface area contributed by atoms with Crippen molar-refractivity contribution in [3.05, 3.63) is 11.9 Å². The maximum atomic E-state index is 12.0. The van der Waals surface area contributed by atoms with Gasteiger partial charge in [-0.1, -0.05) is 0 Å². The quantitative estimate of drug-likeness (QED) is 0.722. The summed E-state index contributed by atoms with van der Waals surface area (Å²) in [6.45, 7) is 1.30. The topological polar surface area (TPSA) is 93.2 Å². The molecular formula is C9H13F3N4O2. The predicted octanol–water partition coefficient (Wildman–Crippen LogP) is 0.138. The van der Waals surface area contributed by atoms with E-state index in [4.69, 9.17) is 10.8 Å². The van der Waals surface area contributed by atoms with Crippen LogP contribution in [0.3, 0.4) is 0 Å². The fourth-order valence-electron chi connectivity index (χ4n) is 1.16. The zero-order chi connectivity index (χ0) is 13.9. The summed E-state index contributed by atoms with van der Waals surface area (Å²) in [6, 6.07) is 0. The van der Waals surface area contributed by atoms with Crippen LogP contribution in [-0.2, 0) is 6.54 Å². The maximum Gasteiger partial charge on any atom is 0.416 e. The number of nitrogens with zero attached hydrogens (tertiary/aromatic N) is 2. The van der Waals surface area contributed by atoms with E-state index in [-0.39, 0.29) is 11.4 Å². The van der Waals surface area contributed by atoms with Gasteiger partial charge < -0.3 is 16.2 Å². The van der Waals surface area contributed by atoms with Gasteiger partial charge in [-0.3, -0.25) is 9.48 Å². The molecule has 0 aliphatic carbocycles. The molecule has 0 aliphatic heterocycles. The highest BCUT2D eigenvalue weighted by atomic mass is 19.4. The minimum Gasteiger partial charge on any atom is -0.396 e. The number of anilines is 1. The molecule has 0 radical (unpaired) electrons. The summed E-state index contributed by atoms with van der Waals surface area (Å²) in [7, 11) is 0. The fourth-order valence-corrected chi connectivity index (χ4v) is 1.16. The molecule has 0 saturated carbocycles. The van der Waals surface area contributed by atoms with Gasteiger partial charge in [0.15, 0.2) is 11.8 Å². The van der Waals surface area contributed by atoms with Crippen molar-refractivity contribution in [2.24, 2.45) is 0 Å². The molecule has 6 nitrogen and oxygen atoms in total. The Morgan fingerprint density at radius 3 is 2.72 bits per heavy atom. The Kier molecular flexibility index (Phi) is 4.17. The summed E-state index contributed by atoms with van der Waals surface area (Å²) in [5.74, 6) is -0.858. The van der Waals surface area contributed by atoms with Gasteiger partial charge in [-0.15, -0.1) is 0 Å². The standard InChI is InChI=1S/C9H13F3N4O2/c1-2-16-4-5(13)7(15-16)8(18)14-3-6(17)9(10,11)12/h4,6,17H,2-3,13H2,1H3,(H,14,18). The second-order valence-electron chi connectivity index (χ2n) is 3.56. The van der Waals surface area contributed by atoms with Crippen molar-refractivity contribution in [1.82, 2.24) is 15.1 Å². The van der Waals surface area contributed by atoms with Crippen molar-refractivity contribution in [3.63, 3.8) is 0 Å². The fraction of sp³-hybridized carbons (Fsp3) is 0.556. The van der Waals surface area contributed by atoms with Crippen molar-refractivity contribution in [2.75, 3.05) is 12.3 Å². The molecule has 0 bridgehead atoms. The monoisotopic (exact) mass is 266 g/mol. The largest absolute Gasteiger partial charge is 0.416 e. The van der Waals surface area contributed by atoms with Gasteiger partial charge in [-0.25, -0.2) is 0 Å². The maximum absolute atomic E-state index is 12.0. The lowest BCUT2D eigenvalue weighted by Gasteiger charge is -2.14. The molecule has 102 valence electrons. The molecule has 0 saturated heterocycles. The molecule has 0 aliphatic rings. The summed E-state index contributed by atoms with van der Waals surface area (Å²) in [5, 5.41) is 14.4. The summed E-state index contributed by atoms with van der Waals surface area (Å²) in [5.41, 5.74) is 5.39. The Morgan fingerprint density at radius 1 is 1.67 bits per heavy atom. The highest BCUT2D eigenvalue weighted by Crippen LogP contribution is 2.19. The number of nitrogen functional groups attached to an aromatic ring is 1. The average molecular weight is 266 g/mol. The third kappa shape index (κ3) is 3.36. The highest BCUT2D eigenvalue weighted by Gasteiger charge is 2.38. The van der Waals surface area contributed by atoms with Gasteiger partial charge in [0.05, 0.1) is 12.2 Å². The van der Waals surface area contributed by atoms with Crippen molar-refractivity contribution in [1.29, 1.82) is 0 Å². The Morgan fingerprint density at radius 2 is 2.28 bits per heavy atom. The van der Waals surface area contributed by atoms with E-state index < -0.39 is 24.7 Å². The molecule has 4 N–H and O–H groups in total. The van der Waals surface area contributed by atoms with Gasteiger partial charge in [0.2, 0.25) is 0 Å². The first kappa shape index (κ1) is 14.3. The van der Waals surface area contributed by atoms with E-state index in [0.29, 0.717) is 6.54 Å². The van der Waals surface area contributed by atoms with Gasteiger partial charge in [0, 0.05) is 12.7 Å². The van der Waals surface area contributed by atoms with Gasteiger partial charge in [0.25, 0.3) is 5.91 Å². The van der Waals surface area contributed by atoms with E-state index in [0.717, 1.165) is 0 Å². The van der Waals surface area contributed by atoms with Crippen LogP contribution in [-0.4, -0.2) is 39.6 Å². The number of aryl methyl sites for hydroxylation is 1. The molecule has 18 heavy (non-hydrogen) atoms. The number of carbonyl (C=O) groups excluding carboxylic acids is 1. The molecule has 9 heteroatoms. The molecule has 1 aromatic rings. The van der Waals surface area contributed by atoms with Crippen LogP contribution in [0.1, 0.15) is 17.4 Å². The molecule has 0 spiro atoms. The SMILES string of the molecule is CCn1cc(N)c(C(=O)NCC(O)C(F)(F)F)n1. The molecular weight excluding hydrogens is 253 g/mol. The number of alkyl halides is 3.